The fourth-order valence-corrected chi connectivity index (χ4v) is 7.12. The summed E-state index contributed by atoms with van der Waals surface area (Å²) in [5.74, 6) is 0. The maximum atomic E-state index is 12.8. The first-order valence-electron chi connectivity index (χ1n) is 16.3. The fraction of sp³-hybridized carbons (Fsp3) is 0.250. The van der Waals surface area contributed by atoms with Crippen molar-refractivity contribution in [3.05, 3.63) is 161 Å². The number of benzene rings is 5. The molecule has 5 aromatic rings. The van der Waals surface area contributed by atoms with Gasteiger partial charge in [0.2, 0.25) is 10.0 Å². The summed E-state index contributed by atoms with van der Waals surface area (Å²) in [5.41, 5.74) is 6.86. The number of aliphatic hydroxyl groups is 1. The van der Waals surface area contributed by atoms with Crippen molar-refractivity contribution in [2.75, 3.05) is 13.6 Å². The van der Waals surface area contributed by atoms with Crippen LogP contribution in [0.5, 0.6) is 0 Å². The van der Waals surface area contributed by atoms with Crippen molar-refractivity contribution in [3.8, 4) is 11.1 Å². The highest BCUT2D eigenvalue weighted by atomic mass is 32.2. The molecule has 0 spiro atoms. The maximum Gasteiger partial charge on any atom is 0.240 e. The Morgan fingerprint density at radius 2 is 1.44 bits per heavy atom. The Bertz CT molecular complexity index is 1880. The largest absolute Gasteiger partial charge is 0.392 e. The Labute approximate surface area is 283 Å². The van der Waals surface area contributed by atoms with Crippen molar-refractivity contribution in [1.82, 2.24) is 9.62 Å². The van der Waals surface area contributed by atoms with E-state index in [9.17, 15) is 13.5 Å². The standard InChI is InChI=1S/C40H42N2O5S/c1-29(32-12-5-3-6-13-32)42(2)27-37-25-39(33-21-19-30(28-43)20-22-33)47-40(46-37)36-16-10-15-35(24-36)34-14-9-11-31(23-34)26-41-48(44,45)38-17-7-4-8-18-38/h3-24,29,37,39-41,43H,25-28H2,1-2H3. The van der Waals surface area contributed by atoms with Crippen LogP contribution in [0.4, 0.5) is 0 Å². The molecule has 5 aromatic carbocycles. The lowest BCUT2D eigenvalue weighted by molar-refractivity contribution is -0.253. The van der Waals surface area contributed by atoms with Crippen molar-refractivity contribution < 1.29 is 23.0 Å². The van der Waals surface area contributed by atoms with Gasteiger partial charge in [-0.15, -0.1) is 0 Å². The Morgan fingerprint density at radius 1 is 0.771 bits per heavy atom. The highest BCUT2D eigenvalue weighted by molar-refractivity contribution is 7.89. The lowest BCUT2D eigenvalue weighted by atomic mass is 9.98. The molecule has 248 valence electrons. The number of nitrogens with one attached hydrogen (secondary N) is 1. The molecule has 2 N–H and O–H groups in total. The summed E-state index contributed by atoms with van der Waals surface area (Å²) in [4.78, 5) is 2.56. The van der Waals surface area contributed by atoms with E-state index in [4.69, 9.17) is 9.47 Å². The first-order chi connectivity index (χ1) is 23.3. The minimum absolute atomic E-state index is 0.00473. The van der Waals surface area contributed by atoms with Crippen molar-refractivity contribution in [1.29, 1.82) is 0 Å². The number of sulfonamides is 1. The number of ether oxygens (including phenoxy) is 2. The van der Waals surface area contributed by atoms with Gasteiger partial charge in [0.25, 0.3) is 0 Å². The van der Waals surface area contributed by atoms with Crippen molar-refractivity contribution in [2.24, 2.45) is 0 Å². The molecular formula is C40H42N2O5S. The van der Waals surface area contributed by atoms with E-state index in [0.717, 1.165) is 39.9 Å². The van der Waals surface area contributed by atoms with Gasteiger partial charge in [-0.3, -0.25) is 4.90 Å². The molecule has 0 saturated carbocycles. The molecule has 1 aliphatic heterocycles. The van der Waals surface area contributed by atoms with Gasteiger partial charge in [0.05, 0.1) is 23.7 Å². The second-order valence-corrected chi connectivity index (χ2v) is 14.1. The molecule has 7 nitrogen and oxygen atoms in total. The molecule has 8 heteroatoms. The summed E-state index contributed by atoms with van der Waals surface area (Å²) < 4.78 is 41.6. The average molecular weight is 663 g/mol. The monoisotopic (exact) mass is 662 g/mol. The summed E-state index contributed by atoms with van der Waals surface area (Å²) in [5, 5.41) is 9.58. The van der Waals surface area contributed by atoms with Gasteiger partial charge in [-0.1, -0.05) is 109 Å². The van der Waals surface area contributed by atoms with Crippen LogP contribution in [0.15, 0.2) is 138 Å². The van der Waals surface area contributed by atoms with Crippen LogP contribution in [0.1, 0.15) is 59.6 Å². The molecule has 0 aliphatic carbocycles. The van der Waals surface area contributed by atoms with Gasteiger partial charge in [-0.2, -0.15) is 0 Å². The fourth-order valence-electron chi connectivity index (χ4n) is 6.09. The first kappa shape index (κ1) is 33.7. The lowest BCUT2D eigenvalue weighted by Crippen LogP contribution is -2.38. The molecule has 48 heavy (non-hydrogen) atoms. The van der Waals surface area contributed by atoms with E-state index >= 15 is 0 Å². The maximum absolute atomic E-state index is 12.8. The van der Waals surface area contributed by atoms with Gasteiger partial charge in [0, 0.05) is 31.1 Å². The molecule has 0 radical (unpaired) electrons. The number of nitrogens with zero attached hydrogens (tertiary/aromatic N) is 1. The van der Waals surface area contributed by atoms with E-state index in [1.54, 1.807) is 30.3 Å². The van der Waals surface area contributed by atoms with Gasteiger partial charge < -0.3 is 14.6 Å². The number of hydrogen-bond acceptors (Lipinski definition) is 6. The van der Waals surface area contributed by atoms with Crippen LogP contribution >= 0.6 is 0 Å². The summed E-state index contributed by atoms with van der Waals surface area (Å²) in [6.07, 6.45) is -0.173. The first-order valence-corrected chi connectivity index (χ1v) is 17.8. The van der Waals surface area contributed by atoms with Crippen molar-refractivity contribution >= 4 is 10.0 Å². The minimum Gasteiger partial charge on any atom is -0.392 e. The Balaban J connectivity index is 1.22. The summed E-state index contributed by atoms with van der Waals surface area (Å²) in [6.45, 7) is 3.10. The Kier molecular flexibility index (Phi) is 10.8. The van der Waals surface area contributed by atoms with E-state index in [0.29, 0.717) is 6.42 Å². The second-order valence-electron chi connectivity index (χ2n) is 12.3. The molecule has 0 bridgehead atoms. The van der Waals surface area contributed by atoms with Crippen LogP contribution in [-0.4, -0.2) is 38.1 Å². The van der Waals surface area contributed by atoms with Crippen LogP contribution in [0.25, 0.3) is 11.1 Å². The minimum atomic E-state index is -3.62. The number of likely N-dealkylation sites (N-methyl/N-ethyl adjacent to an activating group) is 1. The average Bonchev–Trinajstić information content (AvgIpc) is 3.14. The van der Waals surface area contributed by atoms with Gasteiger partial charge in [0.15, 0.2) is 6.29 Å². The predicted molar refractivity (Wildman–Crippen MR) is 188 cm³/mol. The summed E-state index contributed by atoms with van der Waals surface area (Å²) in [7, 11) is -1.49. The van der Waals surface area contributed by atoms with Gasteiger partial charge in [-0.05, 0) is 71.6 Å². The van der Waals surface area contributed by atoms with E-state index in [1.165, 1.54) is 5.56 Å². The zero-order valence-corrected chi connectivity index (χ0v) is 28.1. The predicted octanol–water partition coefficient (Wildman–Crippen LogP) is 7.56. The molecule has 4 unspecified atom stereocenters. The quantitative estimate of drug-likeness (QED) is 0.143. The van der Waals surface area contributed by atoms with Crippen LogP contribution in [0.3, 0.4) is 0 Å². The van der Waals surface area contributed by atoms with Gasteiger partial charge >= 0.3 is 0 Å². The van der Waals surface area contributed by atoms with Gasteiger partial charge in [0.1, 0.15) is 0 Å². The van der Waals surface area contributed by atoms with Crippen LogP contribution < -0.4 is 4.72 Å². The van der Waals surface area contributed by atoms with Gasteiger partial charge in [-0.25, -0.2) is 13.1 Å². The molecule has 6 rings (SSSR count). The lowest BCUT2D eigenvalue weighted by Gasteiger charge is -2.39. The highest BCUT2D eigenvalue weighted by Gasteiger charge is 2.33. The molecule has 1 fully saturated rings. The zero-order valence-electron chi connectivity index (χ0n) is 27.3. The van der Waals surface area contributed by atoms with E-state index < -0.39 is 16.3 Å². The molecular weight excluding hydrogens is 621 g/mol. The third kappa shape index (κ3) is 8.28. The van der Waals surface area contributed by atoms with Crippen molar-refractivity contribution in [3.63, 3.8) is 0 Å². The molecule has 0 amide bonds. The van der Waals surface area contributed by atoms with Crippen molar-refractivity contribution in [2.45, 2.75) is 55.9 Å². The van der Waals surface area contributed by atoms with Crippen LogP contribution in [0.2, 0.25) is 0 Å². The number of rotatable bonds is 12. The molecule has 4 atom stereocenters. The Morgan fingerprint density at radius 3 is 2.15 bits per heavy atom. The summed E-state index contributed by atoms with van der Waals surface area (Å²) >= 11 is 0. The molecule has 0 aromatic heterocycles. The molecule has 1 heterocycles. The van der Waals surface area contributed by atoms with Crippen LogP contribution in [-0.2, 0) is 32.6 Å². The molecule has 1 saturated heterocycles. The highest BCUT2D eigenvalue weighted by Crippen LogP contribution is 2.39. The smallest absolute Gasteiger partial charge is 0.240 e. The second kappa shape index (κ2) is 15.4. The molecule has 1 aliphatic rings. The topological polar surface area (TPSA) is 88.1 Å². The SMILES string of the molecule is CC(c1ccccc1)N(C)CC1CC(c2ccc(CO)cc2)OC(c2cccc(-c3cccc(CNS(=O)(=O)c4ccccc4)c3)c2)O1. The number of hydrogen-bond donors (Lipinski definition) is 2. The van der Waals surface area contributed by atoms with E-state index in [-0.39, 0.29) is 36.3 Å². The summed E-state index contributed by atoms with van der Waals surface area (Å²) in [6, 6.07) is 43.0. The number of aliphatic hydroxyl groups excluding tert-OH is 1. The van der Waals surface area contributed by atoms with E-state index in [2.05, 4.69) is 53.9 Å². The third-order valence-corrected chi connectivity index (χ3v) is 10.4. The normalized spacial score (nSPS) is 18.9. The van der Waals surface area contributed by atoms with E-state index in [1.807, 2.05) is 72.8 Å². The third-order valence-electron chi connectivity index (χ3n) is 8.99. The Hall–Kier alpha value is -4.15. The van der Waals surface area contributed by atoms with Crippen LogP contribution in [0, 0.1) is 0 Å². The zero-order chi connectivity index (χ0) is 33.5.